The van der Waals surface area contributed by atoms with Crippen LogP contribution in [0.15, 0.2) is 65.7 Å². The minimum Gasteiger partial charge on any atom is -0.508 e. The van der Waals surface area contributed by atoms with E-state index in [-0.39, 0.29) is 35.4 Å². The van der Waals surface area contributed by atoms with Crippen molar-refractivity contribution in [3.8, 4) is 11.5 Å². The van der Waals surface area contributed by atoms with E-state index in [1.165, 1.54) is 37.1 Å². The number of carbonyl (C=O) groups excluding carboxylic acids is 1. The third-order valence-corrected chi connectivity index (χ3v) is 7.08. The van der Waals surface area contributed by atoms with Crippen LogP contribution in [0.25, 0.3) is 0 Å². The van der Waals surface area contributed by atoms with E-state index in [0.29, 0.717) is 31.7 Å². The predicted molar refractivity (Wildman–Crippen MR) is 145 cm³/mol. The molecule has 0 unspecified atom stereocenters. The minimum atomic E-state index is -4.64. The first kappa shape index (κ1) is 28.1. The highest BCUT2D eigenvalue weighted by Gasteiger charge is 2.40. The second-order valence-electron chi connectivity index (χ2n) is 9.66. The van der Waals surface area contributed by atoms with Crippen molar-refractivity contribution in [1.29, 1.82) is 0 Å². The molecule has 8 nitrogen and oxygen atoms in total. The molecule has 0 radical (unpaired) electrons. The van der Waals surface area contributed by atoms with Crippen molar-refractivity contribution in [1.82, 2.24) is 4.90 Å². The van der Waals surface area contributed by atoms with Gasteiger partial charge >= 0.3 is 12.1 Å². The maximum absolute atomic E-state index is 15.1. The fraction of sp³-hybridized carbons (Fsp3) is 0.310. The molecule has 0 saturated carbocycles. The summed E-state index contributed by atoms with van der Waals surface area (Å²) in [5.41, 5.74) is 0.335. The first-order valence-electron chi connectivity index (χ1n) is 12.9. The standard InChI is InChI=1S/C29H28F4N4O4/c1-18(38)41-17-25-22-7-4-8-23(30)27(22)34-28(36-13-11-35(12-14-36)20-5-3-6-21(39)16-20)37(25)24-15-19(29(31,32)33)9-10-26(24)40-2/h3-10,15-16,25,39H,11-14,17H2,1-2H3/t25-/m0/s1. The lowest BCUT2D eigenvalue weighted by atomic mass is 9.99. The predicted octanol–water partition coefficient (Wildman–Crippen LogP) is 5.49. The summed E-state index contributed by atoms with van der Waals surface area (Å²) in [7, 11) is 1.34. The van der Waals surface area contributed by atoms with Crippen LogP contribution in [-0.2, 0) is 15.7 Å². The Labute approximate surface area is 234 Å². The molecule has 1 atom stereocenters. The van der Waals surface area contributed by atoms with Crippen molar-refractivity contribution < 1.29 is 36.9 Å². The molecule has 2 heterocycles. The number of aromatic hydroxyl groups is 1. The number of nitrogens with zero attached hydrogens (tertiary/aromatic N) is 4. The number of halogens is 4. The Bertz CT molecular complexity index is 1470. The molecule has 216 valence electrons. The lowest BCUT2D eigenvalue weighted by molar-refractivity contribution is -0.141. The van der Waals surface area contributed by atoms with E-state index in [2.05, 4.69) is 9.89 Å². The van der Waals surface area contributed by atoms with Crippen molar-refractivity contribution in [3.05, 3.63) is 77.6 Å². The fourth-order valence-corrected chi connectivity index (χ4v) is 5.12. The zero-order valence-electron chi connectivity index (χ0n) is 22.4. The molecule has 0 aromatic heterocycles. The van der Waals surface area contributed by atoms with Crippen molar-refractivity contribution in [2.45, 2.75) is 19.1 Å². The largest absolute Gasteiger partial charge is 0.508 e. The Morgan fingerprint density at radius 2 is 1.73 bits per heavy atom. The van der Waals surface area contributed by atoms with Crippen LogP contribution in [-0.4, -0.2) is 61.8 Å². The molecule has 0 bridgehead atoms. The molecule has 1 fully saturated rings. The Hall–Kier alpha value is -4.48. The number of hydrogen-bond donors (Lipinski definition) is 1. The van der Waals surface area contributed by atoms with Crippen molar-refractivity contribution in [2.75, 3.05) is 49.7 Å². The number of hydrogen-bond acceptors (Lipinski definition) is 8. The Morgan fingerprint density at radius 3 is 2.39 bits per heavy atom. The number of benzene rings is 3. The zero-order valence-corrected chi connectivity index (χ0v) is 22.4. The summed E-state index contributed by atoms with van der Waals surface area (Å²) in [6, 6.07) is 13.4. The van der Waals surface area contributed by atoms with Crippen molar-refractivity contribution in [2.24, 2.45) is 4.99 Å². The van der Waals surface area contributed by atoms with Crippen LogP contribution in [0.3, 0.4) is 0 Å². The monoisotopic (exact) mass is 572 g/mol. The summed E-state index contributed by atoms with van der Waals surface area (Å²) in [6.45, 7) is 2.71. The molecule has 3 aromatic carbocycles. The van der Waals surface area contributed by atoms with Crippen LogP contribution in [0.1, 0.15) is 24.1 Å². The molecular weight excluding hydrogens is 544 g/mol. The first-order valence-corrected chi connectivity index (χ1v) is 12.9. The quantitative estimate of drug-likeness (QED) is 0.320. The number of carbonyl (C=O) groups is 1. The molecule has 1 N–H and O–H groups in total. The number of rotatable bonds is 5. The Morgan fingerprint density at radius 1 is 1.02 bits per heavy atom. The van der Waals surface area contributed by atoms with Gasteiger partial charge in [-0.05, 0) is 36.4 Å². The molecule has 3 aromatic rings. The first-order chi connectivity index (χ1) is 19.6. The number of guanidine groups is 1. The summed E-state index contributed by atoms with van der Waals surface area (Å²) < 4.78 is 67.5. The third kappa shape index (κ3) is 5.72. The van der Waals surface area contributed by atoms with Gasteiger partial charge in [0.2, 0.25) is 5.96 Å². The molecule has 41 heavy (non-hydrogen) atoms. The number of methoxy groups -OCH3 is 1. The molecular formula is C29H28F4N4O4. The average molecular weight is 573 g/mol. The molecule has 2 aliphatic rings. The van der Waals surface area contributed by atoms with Gasteiger partial charge in [0.15, 0.2) is 0 Å². The molecule has 0 spiro atoms. The highest BCUT2D eigenvalue weighted by atomic mass is 19.4. The van der Waals surface area contributed by atoms with Crippen LogP contribution >= 0.6 is 0 Å². The van der Waals surface area contributed by atoms with Gasteiger partial charge in [-0.25, -0.2) is 9.38 Å². The zero-order chi connectivity index (χ0) is 29.3. The summed E-state index contributed by atoms with van der Waals surface area (Å²) in [5.74, 6) is -0.737. The summed E-state index contributed by atoms with van der Waals surface area (Å²) in [4.78, 5) is 21.9. The Kier molecular flexibility index (Phi) is 7.65. The van der Waals surface area contributed by atoms with E-state index in [4.69, 9.17) is 9.47 Å². The van der Waals surface area contributed by atoms with E-state index in [0.717, 1.165) is 17.8 Å². The SMILES string of the molecule is COc1ccc(C(F)(F)F)cc1N1C(N2CCN(c3cccc(O)c3)CC2)=Nc2c(F)cccc2[C@@H]1COC(C)=O. The van der Waals surface area contributed by atoms with Gasteiger partial charge in [0.1, 0.15) is 29.6 Å². The van der Waals surface area contributed by atoms with Crippen LogP contribution in [0.5, 0.6) is 11.5 Å². The Balaban J connectivity index is 1.61. The number of esters is 1. The number of fused-ring (bicyclic) bond motifs is 1. The molecule has 12 heteroatoms. The third-order valence-electron chi connectivity index (χ3n) is 7.08. The van der Waals surface area contributed by atoms with Gasteiger partial charge in [-0.15, -0.1) is 0 Å². The van der Waals surface area contributed by atoms with Gasteiger partial charge in [0, 0.05) is 50.4 Å². The van der Waals surface area contributed by atoms with Crippen molar-refractivity contribution in [3.63, 3.8) is 0 Å². The number of alkyl halides is 3. The minimum absolute atomic E-state index is 0.0252. The van der Waals surface area contributed by atoms with Crippen LogP contribution in [0.2, 0.25) is 0 Å². The van der Waals surface area contributed by atoms with E-state index in [1.54, 1.807) is 24.3 Å². The number of piperazine rings is 1. The lowest BCUT2D eigenvalue weighted by Gasteiger charge is -2.45. The maximum Gasteiger partial charge on any atom is 0.416 e. The van der Waals surface area contributed by atoms with E-state index in [9.17, 15) is 23.1 Å². The second-order valence-corrected chi connectivity index (χ2v) is 9.66. The summed E-state index contributed by atoms with van der Waals surface area (Å²) >= 11 is 0. The molecule has 1 saturated heterocycles. The van der Waals surface area contributed by atoms with Gasteiger partial charge < -0.3 is 24.4 Å². The lowest BCUT2D eigenvalue weighted by Crippen LogP contribution is -2.56. The molecule has 5 rings (SSSR count). The number of anilines is 2. The summed E-state index contributed by atoms with van der Waals surface area (Å²) in [6.07, 6.45) is -4.64. The van der Waals surface area contributed by atoms with Gasteiger partial charge in [0.25, 0.3) is 0 Å². The highest BCUT2D eigenvalue weighted by molar-refractivity contribution is 6.02. The van der Waals surface area contributed by atoms with E-state index in [1.807, 2.05) is 11.0 Å². The van der Waals surface area contributed by atoms with E-state index < -0.39 is 29.6 Å². The second kappa shape index (κ2) is 11.2. The smallest absolute Gasteiger partial charge is 0.416 e. The fourth-order valence-electron chi connectivity index (χ4n) is 5.12. The van der Waals surface area contributed by atoms with Gasteiger partial charge in [-0.3, -0.25) is 9.69 Å². The maximum atomic E-state index is 15.1. The topological polar surface area (TPSA) is 77.8 Å². The van der Waals surface area contributed by atoms with Gasteiger partial charge in [-0.2, -0.15) is 13.2 Å². The van der Waals surface area contributed by atoms with Crippen LogP contribution < -0.4 is 14.5 Å². The van der Waals surface area contributed by atoms with Gasteiger partial charge in [-0.1, -0.05) is 18.2 Å². The highest BCUT2D eigenvalue weighted by Crippen LogP contribution is 2.45. The van der Waals surface area contributed by atoms with Crippen LogP contribution in [0.4, 0.5) is 34.6 Å². The van der Waals surface area contributed by atoms with Crippen LogP contribution in [0, 0.1) is 5.82 Å². The van der Waals surface area contributed by atoms with E-state index >= 15 is 4.39 Å². The molecule has 2 aliphatic heterocycles. The number of ether oxygens (including phenoxy) is 2. The molecule has 0 amide bonds. The average Bonchev–Trinajstić information content (AvgIpc) is 2.95. The number of phenolic OH excluding ortho intramolecular Hbond substituents is 1. The van der Waals surface area contributed by atoms with Gasteiger partial charge in [0.05, 0.1) is 24.4 Å². The summed E-state index contributed by atoms with van der Waals surface area (Å²) in [5, 5.41) is 9.90. The molecule has 0 aliphatic carbocycles. The van der Waals surface area contributed by atoms with Crippen molar-refractivity contribution >= 4 is 29.0 Å². The number of phenols is 1. The number of aliphatic imine (C=N–C) groups is 1. The normalized spacial score (nSPS) is 17.2. The number of para-hydroxylation sites is 1.